The minimum absolute atomic E-state index is 0.112. The monoisotopic (exact) mass is 350 g/mol. The second-order valence-electron chi connectivity index (χ2n) is 4.78. The van der Waals surface area contributed by atoms with Crippen LogP contribution in [0.15, 0.2) is 29.0 Å². The van der Waals surface area contributed by atoms with Gasteiger partial charge in [-0.2, -0.15) is 0 Å². The Bertz CT molecular complexity index is 679. The molecule has 1 aliphatic rings. The molecule has 3 rings (SSSR count). The summed E-state index contributed by atoms with van der Waals surface area (Å²) in [6.07, 6.45) is 1.08. The maximum Gasteiger partial charge on any atom is 0.250 e. The van der Waals surface area contributed by atoms with Gasteiger partial charge in [0.1, 0.15) is 12.1 Å². The topological polar surface area (TPSA) is 67.4 Å². The maximum absolute atomic E-state index is 11.8. The molecule has 0 bridgehead atoms. The van der Waals surface area contributed by atoms with E-state index in [2.05, 4.69) is 36.1 Å². The Morgan fingerprint density at radius 2 is 2.33 bits per heavy atom. The lowest BCUT2D eigenvalue weighted by Crippen LogP contribution is -2.49. The lowest BCUT2D eigenvalue weighted by Gasteiger charge is -2.33. The Labute approximate surface area is 130 Å². The zero-order valence-corrected chi connectivity index (χ0v) is 13.1. The number of carbonyl (C=O) groups excluding carboxylic acids is 1. The Hall–Kier alpha value is -1.73. The first kappa shape index (κ1) is 14.2. The molecule has 0 saturated carbocycles. The quantitative estimate of drug-likeness (QED) is 0.885. The highest BCUT2D eigenvalue weighted by Crippen LogP contribution is 2.27. The number of hydrogen-bond acceptors (Lipinski definition) is 5. The molecule has 6 nitrogen and oxygen atoms in total. The fourth-order valence-electron chi connectivity index (χ4n) is 2.43. The van der Waals surface area contributed by atoms with Crippen LogP contribution in [-0.2, 0) is 9.53 Å². The van der Waals surface area contributed by atoms with Crippen molar-refractivity contribution in [3.05, 3.63) is 29.0 Å². The zero-order chi connectivity index (χ0) is 14.8. The molecule has 110 valence electrons. The lowest BCUT2D eigenvalue weighted by atomic mass is 10.2. The number of nitrogens with one attached hydrogen (secondary N) is 1. The number of amides is 1. The van der Waals surface area contributed by atoms with Crippen molar-refractivity contribution in [3.63, 3.8) is 0 Å². The predicted molar refractivity (Wildman–Crippen MR) is 83.3 cm³/mol. The molecule has 0 spiro atoms. The highest BCUT2D eigenvalue weighted by Gasteiger charge is 2.27. The van der Waals surface area contributed by atoms with E-state index in [1.54, 1.807) is 13.4 Å². The number of nitrogens with zero attached hydrogens (tertiary/aromatic N) is 3. The van der Waals surface area contributed by atoms with Crippen LogP contribution in [0.4, 0.5) is 5.82 Å². The second kappa shape index (κ2) is 5.95. The summed E-state index contributed by atoms with van der Waals surface area (Å²) < 4.78 is 6.49. The number of halogens is 1. The molecule has 1 unspecified atom stereocenters. The Kier molecular flexibility index (Phi) is 4.03. The van der Waals surface area contributed by atoms with Crippen molar-refractivity contribution < 1.29 is 9.53 Å². The third-order valence-electron chi connectivity index (χ3n) is 3.48. The second-order valence-corrected chi connectivity index (χ2v) is 5.69. The van der Waals surface area contributed by atoms with Crippen LogP contribution >= 0.6 is 15.9 Å². The summed E-state index contributed by atoms with van der Waals surface area (Å²) >= 11 is 3.47. The molecular formula is C14H15BrN4O2. The molecule has 1 aromatic heterocycles. The molecule has 2 aromatic rings. The molecule has 2 heterocycles. The van der Waals surface area contributed by atoms with Crippen LogP contribution in [0, 0.1) is 0 Å². The first-order valence-corrected chi connectivity index (χ1v) is 7.47. The van der Waals surface area contributed by atoms with Gasteiger partial charge in [0, 0.05) is 23.5 Å². The molecule has 1 atom stereocenters. The minimum Gasteiger partial charge on any atom is -0.365 e. The van der Waals surface area contributed by atoms with Crippen LogP contribution in [-0.4, -0.2) is 48.7 Å². The third kappa shape index (κ3) is 2.84. The largest absolute Gasteiger partial charge is 0.365 e. The van der Waals surface area contributed by atoms with Crippen molar-refractivity contribution in [1.82, 2.24) is 15.3 Å². The summed E-state index contributed by atoms with van der Waals surface area (Å²) in [4.78, 5) is 22.5. The van der Waals surface area contributed by atoms with Gasteiger partial charge in [0.2, 0.25) is 0 Å². The molecule has 1 saturated heterocycles. The first-order valence-electron chi connectivity index (χ1n) is 6.67. The average molecular weight is 351 g/mol. The normalized spacial score (nSPS) is 18.8. The van der Waals surface area contributed by atoms with Crippen molar-refractivity contribution in [2.45, 2.75) is 6.10 Å². The first-order chi connectivity index (χ1) is 10.2. The van der Waals surface area contributed by atoms with Crippen molar-refractivity contribution in [2.24, 2.45) is 0 Å². The van der Waals surface area contributed by atoms with E-state index in [1.165, 1.54) is 0 Å². The number of benzene rings is 1. The number of morpholine rings is 1. The summed E-state index contributed by atoms with van der Waals surface area (Å²) in [5, 5.41) is 3.58. The van der Waals surface area contributed by atoms with Crippen LogP contribution in [0.25, 0.3) is 10.9 Å². The molecule has 1 amide bonds. The number of ether oxygens (including phenoxy) is 1. The van der Waals surface area contributed by atoms with Gasteiger partial charge in [0.15, 0.2) is 6.10 Å². The van der Waals surface area contributed by atoms with E-state index in [0.29, 0.717) is 19.7 Å². The molecule has 1 aliphatic heterocycles. The van der Waals surface area contributed by atoms with Gasteiger partial charge in [-0.25, -0.2) is 9.97 Å². The van der Waals surface area contributed by atoms with Crippen LogP contribution in [0.2, 0.25) is 0 Å². The van der Waals surface area contributed by atoms with Gasteiger partial charge in [-0.1, -0.05) is 15.9 Å². The van der Waals surface area contributed by atoms with Gasteiger partial charge in [-0.05, 0) is 18.2 Å². The lowest BCUT2D eigenvalue weighted by molar-refractivity contribution is -0.132. The zero-order valence-electron chi connectivity index (χ0n) is 11.5. The van der Waals surface area contributed by atoms with Gasteiger partial charge in [-0.3, -0.25) is 4.79 Å². The maximum atomic E-state index is 11.8. The summed E-state index contributed by atoms with van der Waals surface area (Å²) in [6, 6.07) is 5.89. The third-order valence-corrected chi connectivity index (χ3v) is 3.97. The van der Waals surface area contributed by atoms with E-state index < -0.39 is 6.10 Å². The van der Waals surface area contributed by atoms with E-state index in [-0.39, 0.29) is 5.91 Å². The van der Waals surface area contributed by atoms with Crippen LogP contribution in [0.1, 0.15) is 0 Å². The van der Waals surface area contributed by atoms with E-state index in [9.17, 15) is 4.79 Å². The van der Waals surface area contributed by atoms with E-state index in [1.807, 2.05) is 18.2 Å². The Morgan fingerprint density at radius 3 is 3.14 bits per heavy atom. The molecule has 1 aromatic carbocycles. The molecule has 7 heteroatoms. The van der Waals surface area contributed by atoms with Crippen molar-refractivity contribution in [1.29, 1.82) is 0 Å². The van der Waals surface area contributed by atoms with E-state index >= 15 is 0 Å². The highest BCUT2D eigenvalue weighted by molar-refractivity contribution is 9.10. The van der Waals surface area contributed by atoms with Crippen LogP contribution < -0.4 is 10.2 Å². The Balaban J connectivity index is 1.96. The molecular weight excluding hydrogens is 336 g/mol. The summed E-state index contributed by atoms with van der Waals surface area (Å²) in [5.74, 6) is 0.720. The van der Waals surface area contributed by atoms with Crippen molar-refractivity contribution in [2.75, 3.05) is 31.6 Å². The Morgan fingerprint density at radius 1 is 1.48 bits per heavy atom. The molecule has 0 radical (unpaired) electrons. The van der Waals surface area contributed by atoms with Gasteiger partial charge in [0.25, 0.3) is 5.91 Å². The number of hydrogen-bond donors (Lipinski definition) is 1. The number of carbonyl (C=O) groups is 1. The average Bonchev–Trinajstić information content (AvgIpc) is 2.53. The number of fused-ring (bicyclic) bond motifs is 1. The van der Waals surface area contributed by atoms with E-state index in [4.69, 9.17) is 4.74 Å². The number of likely N-dealkylation sites (N-methyl/N-ethyl adjacent to an activating group) is 1. The van der Waals surface area contributed by atoms with Crippen LogP contribution in [0.5, 0.6) is 0 Å². The van der Waals surface area contributed by atoms with E-state index in [0.717, 1.165) is 21.2 Å². The molecule has 0 aliphatic carbocycles. The smallest absolute Gasteiger partial charge is 0.250 e. The molecule has 1 fully saturated rings. The number of aromatic nitrogens is 2. The predicted octanol–water partition coefficient (Wildman–Crippen LogP) is 1.34. The van der Waals surface area contributed by atoms with Gasteiger partial charge in [-0.15, -0.1) is 0 Å². The number of anilines is 1. The number of rotatable bonds is 2. The highest BCUT2D eigenvalue weighted by atomic mass is 79.9. The molecule has 21 heavy (non-hydrogen) atoms. The van der Waals surface area contributed by atoms with Crippen molar-refractivity contribution >= 4 is 38.6 Å². The van der Waals surface area contributed by atoms with Gasteiger partial charge >= 0.3 is 0 Å². The molecule has 1 N–H and O–H groups in total. The summed E-state index contributed by atoms with van der Waals surface area (Å²) in [5.41, 5.74) is 0.881. The standard InChI is InChI=1S/C14H15BrN4O2/c1-16-14(20)12-7-19(4-5-21-12)13-10-6-9(15)2-3-11(10)17-8-18-13/h2-3,6,8,12H,4-5,7H2,1H3,(H,16,20). The van der Waals surface area contributed by atoms with Gasteiger partial charge in [0.05, 0.1) is 18.7 Å². The fraction of sp³-hybridized carbons (Fsp3) is 0.357. The summed E-state index contributed by atoms with van der Waals surface area (Å²) in [7, 11) is 1.61. The van der Waals surface area contributed by atoms with Crippen LogP contribution in [0.3, 0.4) is 0 Å². The summed E-state index contributed by atoms with van der Waals surface area (Å²) in [6.45, 7) is 1.68. The van der Waals surface area contributed by atoms with Crippen molar-refractivity contribution in [3.8, 4) is 0 Å². The SMILES string of the molecule is CNC(=O)C1CN(c2ncnc3ccc(Br)cc23)CCO1. The van der Waals surface area contributed by atoms with Gasteiger partial charge < -0.3 is 15.0 Å². The fourth-order valence-corrected chi connectivity index (χ4v) is 2.79. The minimum atomic E-state index is -0.471.